The van der Waals surface area contributed by atoms with Crippen LogP contribution in [0, 0.1) is 12.8 Å². The van der Waals surface area contributed by atoms with E-state index in [-0.39, 0.29) is 16.7 Å². The second-order valence-corrected chi connectivity index (χ2v) is 11.1. The summed E-state index contributed by atoms with van der Waals surface area (Å²) in [5, 5.41) is 3.04. The molecule has 34 heavy (non-hydrogen) atoms. The Morgan fingerprint density at radius 2 is 1.65 bits per heavy atom. The zero-order valence-electron chi connectivity index (χ0n) is 20.3. The molecular weight excluding hydrogens is 446 g/mol. The summed E-state index contributed by atoms with van der Waals surface area (Å²) in [5.41, 5.74) is 4.79. The number of hydrogen-bond acceptors (Lipinski definition) is 4. The van der Waals surface area contributed by atoms with E-state index < -0.39 is 10.0 Å². The van der Waals surface area contributed by atoms with Crippen molar-refractivity contribution in [3.8, 4) is 0 Å². The predicted molar refractivity (Wildman–Crippen MR) is 137 cm³/mol. The van der Waals surface area contributed by atoms with E-state index in [1.165, 1.54) is 11.1 Å². The number of aryl methyl sites for hydroxylation is 1. The molecule has 7 heteroatoms. The number of amides is 1. The van der Waals surface area contributed by atoms with E-state index in [0.717, 1.165) is 5.56 Å². The van der Waals surface area contributed by atoms with Crippen molar-refractivity contribution in [3.63, 3.8) is 0 Å². The summed E-state index contributed by atoms with van der Waals surface area (Å²) >= 11 is 0. The molecule has 0 radical (unpaired) electrons. The molecular formula is C27H33N3O3S. The van der Waals surface area contributed by atoms with Gasteiger partial charge in [0.1, 0.15) is 10.7 Å². The lowest BCUT2D eigenvalue weighted by atomic mass is 9.95. The van der Waals surface area contributed by atoms with E-state index >= 15 is 0 Å². The van der Waals surface area contributed by atoms with Gasteiger partial charge in [0.05, 0.1) is 0 Å². The van der Waals surface area contributed by atoms with Gasteiger partial charge in [-0.05, 0) is 49.3 Å². The second kappa shape index (κ2) is 9.74. The first-order valence-electron chi connectivity index (χ1n) is 11.9. The van der Waals surface area contributed by atoms with Crippen LogP contribution >= 0.6 is 0 Å². The van der Waals surface area contributed by atoms with Crippen LogP contribution in [0.2, 0.25) is 0 Å². The summed E-state index contributed by atoms with van der Waals surface area (Å²) in [4.78, 5) is 15.0. The first-order chi connectivity index (χ1) is 16.2. The molecule has 2 aromatic carbocycles. The minimum Gasteiger partial charge on any atom is -0.356 e. The van der Waals surface area contributed by atoms with Gasteiger partial charge in [0.2, 0.25) is 5.91 Å². The molecule has 0 saturated carbocycles. The second-order valence-electron chi connectivity index (χ2n) is 9.59. The number of hydrogen-bond donors (Lipinski definition) is 1. The average molecular weight is 480 g/mol. The monoisotopic (exact) mass is 479 g/mol. The number of carbonyl (C=O) groups is 1. The van der Waals surface area contributed by atoms with Gasteiger partial charge < -0.3 is 10.2 Å². The number of nitrogens with zero attached hydrogens (tertiary/aromatic N) is 2. The van der Waals surface area contributed by atoms with Gasteiger partial charge in [-0.1, -0.05) is 67.9 Å². The third kappa shape index (κ3) is 5.09. The van der Waals surface area contributed by atoms with Gasteiger partial charge in [0, 0.05) is 31.1 Å². The Hall–Kier alpha value is -2.93. The van der Waals surface area contributed by atoms with Crippen LogP contribution in [-0.4, -0.2) is 38.2 Å². The molecule has 6 nitrogen and oxygen atoms in total. The quantitative estimate of drug-likeness (QED) is 0.679. The molecule has 0 unspecified atom stereocenters. The Morgan fingerprint density at radius 3 is 2.24 bits per heavy atom. The minimum atomic E-state index is -3.75. The number of benzene rings is 2. The van der Waals surface area contributed by atoms with Gasteiger partial charge in [-0.2, -0.15) is 8.42 Å². The maximum Gasteiger partial charge on any atom is 0.285 e. The summed E-state index contributed by atoms with van der Waals surface area (Å²) in [5.74, 6) is 0.875. The van der Waals surface area contributed by atoms with Crippen molar-refractivity contribution in [2.75, 3.05) is 13.1 Å². The smallest absolute Gasteiger partial charge is 0.285 e. The third-order valence-corrected chi connectivity index (χ3v) is 8.20. The van der Waals surface area contributed by atoms with Crippen molar-refractivity contribution in [2.45, 2.75) is 53.0 Å². The lowest BCUT2D eigenvalue weighted by Gasteiger charge is -2.32. The molecule has 0 spiro atoms. The summed E-state index contributed by atoms with van der Waals surface area (Å²) in [6.45, 7) is 9.82. The number of sulfonamides is 1. The molecule has 1 saturated heterocycles. The maximum absolute atomic E-state index is 12.9. The third-order valence-electron chi connectivity index (χ3n) is 6.73. The maximum atomic E-state index is 12.9. The highest BCUT2D eigenvalue weighted by atomic mass is 32.2. The molecule has 0 bridgehead atoms. The fourth-order valence-electron chi connectivity index (χ4n) is 4.60. The number of nitrogens with one attached hydrogen (secondary N) is 1. The molecule has 0 aliphatic carbocycles. The Balaban J connectivity index is 1.40. The van der Waals surface area contributed by atoms with E-state index in [1.807, 2.05) is 67.3 Å². The predicted octanol–water partition coefficient (Wildman–Crippen LogP) is 4.62. The minimum absolute atomic E-state index is 0.0550. The Labute approximate surface area is 202 Å². The zero-order valence-corrected chi connectivity index (χ0v) is 21.2. The fraction of sp³-hybridized carbons (Fsp3) is 0.407. The molecule has 1 amide bonds. The number of likely N-dealkylation sites (tertiary alicyclic amines) is 1. The standard InChI is InChI=1S/C27H33N3O3S/c1-18(2)22-9-11-23(12-10-22)25-20(4)26(29-34(25,32)33)30-15-13-24(14-16-30)27(31)28-17-21-7-5-19(3)6-8-21/h5-12,18,24H,13-17H2,1-4H3,(H,28,31). The number of rotatable bonds is 5. The normalized spacial score (nSPS) is 18.4. The first kappa shape index (κ1) is 24.2. The highest BCUT2D eigenvalue weighted by Crippen LogP contribution is 2.35. The Bertz CT molecular complexity index is 1220. The molecule has 180 valence electrons. The van der Waals surface area contributed by atoms with Crippen LogP contribution in [0.3, 0.4) is 0 Å². The van der Waals surface area contributed by atoms with Crippen molar-refractivity contribution < 1.29 is 13.2 Å². The van der Waals surface area contributed by atoms with Gasteiger partial charge in [0.25, 0.3) is 10.0 Å². The Kier molecular flexibility index (Phi) is 6.94. The SMILES string of the molecule is CC1=C(c2ccc(C(C)C)cc2)S(=O)(=O)N=C1N1CCC(C(=O)NCc2ccc(C)cc2)CC1. The highest BCUT2D eigenvalue weighted by molar-refractivity contribution is 8.00. The summed E-state index contributed by atoms with van der Waals surface area (Å²) in [7, 11) is -3.75. The van der Waals surface area contributed by atoms with Gasteiger partial charge in [0.15, 0.2) is 0 Å². The molecule has 4 rings (SSSR count). The average Bonchev–Trinajstić information content (AvgIpc) is 3.07. The van der Waals surface area contributed by atoms with Crippen molar-refractivity contribution >= 4 is 26.7 Å². The van der Waals surface area contributed by atoms with Crippen molar-refractivity contribution in [2.24, 2.45) is 10.3 Å². The molecule has 0 aromatic heterocycles. The molecule has 1 fully saturated rings. The lowest BCUT2D eigenvalue weighted by Crippen LogP contribution is -2.43. The van der Waals surface area contributed by atoms with Crippen LogP contribution in [0.15, 0.2) is 58.5 Å². The zero-order chi connectivity index (χ0) is 24.5. The van der Waals surface area contributed by atoms with E-state index in [2.05, 4.69) is 23.6 Å². The van der Waals surface area contributed by atoms with Crippen molar-refractivity contribution in [1.29, 1.82) is 0 Å². The molecule has 2 aliphatic rings. The molecule has 2 aromatic rings. The highest BCUT2D eigenvalue weighted by Gasteiger charge is 2.35. The first-order valence-corrected chi connectivity index (χ1v) is 13.3. The molecule has 0 atom stereocenters. The van der Waals surface area contributed by atoms with E-state index in [4.69, 9.17) is 0 Å². The molecule has 2 heterocycles. The van der Waals surface area contributed by atoms with Crippen LogP contribution in [0.25, 0.3) is 4.91 Å². The molecule has 1 N–H and O–H groups in total. The van der Waals surface area contributed by atoms with Gasteiger partial charge >= 0.3 is 0 Å². The lowest BCUT2D eigenvalue weighted by molar-refractivity contribution is -0.126. The van der Waals surface area contributed by atoms with Crippen LogP contribution in [0.1, 0.15) is 61.8 Å². The fourth-order valence-corrected chi connectivity index (χ4v) is 6.08. The van der Waals surface area contributed by atoms with E-state index in [0.29, 0.717) is 55.4 Å². The van der Waals surface area contributed by atoms with Gasteiger partial charge in [-0.3, -0.25) is 4.79 Å². The van der Waals surface area contributed by atoms with Crippen LogP contribution in [-0.2, 0) is 21.4 Å². The van der Waals surface area contributed by atoms with Crippen molar-refractivity contribution in [1.82, 2.24) is 10.2 Å². The van der Waals surface area contributed by atoms with E-state index in [9.17, 15) is 13.2 Å². The topological polar surface area (TPSA) is 78.8 Å². The number of carbonyl (C=O) groups excluding carboxylic acids is 1. The largest absolute Gasteiger partial charge is 0.356 e. The summed E-state index contributed by atoms with van der Waals surface area (Å²) in [6.07, 6.45) is 1.34. The van der Waals surface area contributed by atoms with E-state index in [1.54, 1.807) is 0 Å². The summed E-state index contributed by atoms with van der Waals surface area (Å²) < 4.78 is 30.0. The van der Waals surface area contributed by atoms with Crippen LogP contribution in [0.4, 0.5) is 0 Å². The van der Waals surface area contributed by atoms with Crippen LogP contribution in [0.5, 0.6) is 0 Å². The van der Waals surface area contributed by atoms with Crippen LogP contribution < -0.4 is 5.32 Å². The Morgan fingerprint density at radius 1 is 1.03 bits per heavy atom. The van der Waals surface area contributed by atoms with Gasteiger partial charge in [-0.25, -0.2) is 0 Å². The summed E-state index contributed by atoms with van der Waals surface area (Å²) in [6, 6.07) is 15.8. The van der Waals surface area contributed by atoms with Gasteiger partial charge in [-0.15, -0.1) is 4.40 Å². The molecule has 2 aliphatic heterocycles. The number of amidine groups is 1. The van der Waals surface area contributed by atoms with Crippen molar-refractivity contribution in [3.05, 3.63) is 76.4 Å². The number of piperidine rings is 1.